The Morgan fingerprint density at radius 1 is 1.50 bits per heavy atom. The highest BCUT2D eigenvalue weighted by molar-refractivity contribution is 5.96. The minimum absolute atomic E-state index is 0.127. The van der Waals surface area contributed by atoms with Crippen LogP contribution in [-0.2, 0) is 0 Å². The molecule has 20 heavy (non-hydrogen) atoms. The van der Waals surface area contributed by atoms with Gasteiger partial charge in [0.15, 0.2) is 0 Å². The number of rotatable bonds is 3. The van der Waals surface area contributed by atoms with Gasteiger partial charge in [-0.15, -0.1) is 0 Å². The van der Waals surface area contributed by atoms with Crippen molar-refractivity contribution in [2.24, 2.45) is 0 Å². The maximum Gasteiger partial charge on any atom is 0.254 e. The van der Waals surface area contributed by atoms with E-state index in [1.54, 1.807) is 24.1 Å². The first-order valence-electron chi connectivity index (χ1n) is 6.36. The molecule has 0 radical (unpaired) electrons. The summed E-state index contributed by atoms with van der Waals surface area (Å²) in [4.78, 5) is 14.0. The molecular weight excluding hydrogens is 252 g/mol. The molecule has 1 aromatic rings. The van der Waals surface area contributed by atoms with Crippen molar-refractivity contribution >= 4 is 5.91 Å². The van der Waals surface area contributed by atoms with E-state index in [9.17, 15) is 4.79 Å². The van der Waals surface area contributed by atoms with Gasteiger partial charge in [-0.1, -0.05) is 17.9 Å². The molecule has 4 nitrogen and oxygen atoms in total. The van der Waals surface area contributed by atoms with E-state index < -0.39 is 0 Å². The molecule has 1 amide bonds. The van der Waals surface area contributed by atoms with Crippen LogP contribution in [0.15, 0.2) is 18.2 Å². The van der Waals surface area contributed by atoms with Gasteiger partial charge in [0.05, 0.1) is 12.5 Å². The van der Waals surface area contributed by atoms with Crippen LogP contribution in [0.1, 0.15) is 34.8 Å². The van der Waals surface area contributed by atoms with Gasteiger partial charge in [0, 0.05) is 24.2 Å². The molecular formula is C16H18N2O2. The van der Waals surface area contributed by atoms with Crippen molar-refractivity contribution in [2.45, 2.75) is 26.3 Å². The average molecular weight is 270 g/mol. The van der Waals surface area contributed by atoms with Gasteiger partial charge in [0.2, 0.25) is 0 Å². The third kappa shape index (κ3) is 3.60. The molecule has 0 saturated carbocycles. The molecule has 1 N–H and O–H groups in total. The van der Waals surface area contributed by atoms with Gasteiger partial charge >= 0.3 is 0 Å². The number of benzene rings is 1. The number of amides is 1. The van der Waals surface area contributed by atoms with Gasteiger partial charge in [-0.3, -0.25) is 4.79 Å². The highest BCUT2D eigenvalue weighted by Crippen LogP contribution is 2.16. The van der Waals surface area contributed by atoms with E-state index in [4.69, 9.17) is 10.4 Å². The number of aliphatic hydroxyl groups is 1. The van der Waals surface area contributed by atoms with E-state index in [0.29, 0.717) is 12.0 Å². The van der Waals surface area contributed by atoms with E-state index in [1.165, 1.54) is 0 Å². The van der Waals surface area contributed by atoms with Crippen LogP contribution in [0.4, 0.5) is 0 Å². The lowest BCUT2D eigenvalue weighted by molar-refractivity contribution is 0.0745. The zero-order valence-electron chi connectivity index (χ0n) is 12.0. The van der Waals surface area contributed by atoms with Crippen LogP contribution < -0.4 is 0 Å². The Labute approximate surface area is 119 Å². The molecule has 0 fully saturated rings. The summed E-state index contributed by atoms with van der Waals surface area (Å²) >= 11 is 0. The number of nitriles is 1. The molecule has 104 valence electrons. The summed E-state index contributed by atoms with van der Waals surface area (Å²) in [6, 6.07) is 7.25. The monoisotopic (exact) mass is 270 g/mol. The molecule has 0 aliphatic carbocycles. The third-order valence-electron chi connectivity index (χ3n) is 3.23. The van der Waals surface area contributed by atoms with Crippen LogP contribution in [0, 0.1) is 30.1 Å². The second-order valence-corrected chi connectivity index (χ2v) is 4.57. The summed E-state index contributed by atoms with van der Waals surface area (Å²) in [5, 5.41) is 17.4. The fourth-order valence-electron chi connectivity index (χ4n) is 1.80. The van der Waals surface area contributed by atoms with Crippen molar-refractivity contribution in [3.63, 3.8) is 0 Å². The summed E-state index contributed by atoms with van der Waals surface area (Å²) in [5.41, 5.74) is 2.09. The molecule has 1 atom stereocenters. The average Bonchev–Trinajstić information content (AvgIpc) is 2.45. The number of hydrogen-bond acceptors (Lipinski definition) is 3. The van der Waals surface area contributed by atoms with E-state index >= 15 is 0 Å². The second kappa shape index (κ2) is 7.33. The first kappa shape index (κ1) is 15.8. The van der Waals surface area contributed by atoms with E-state index in [1.807, 2.05) is 19.9 Å². The smallest absolute Gasteiger partial charge is 0.254 e. The first-order valence-corrected chi connectivity index (χ1v) is 6.36. The summed E-state index contributed by atoms with van der Waals surface area (Å²) in [7, 11) is 1.69. The van der Waals surface area contributed by atoms with Crippen LogP contribution in [0.25, 0.3) is 0 Å². The zero-order chi connectivity index (χ0) is 15.1. The topological polar surface area (TPSA) is 64.3 Å². The fourth-order valence-corrected chi connectivity index (χ4v) is 1.80. The molecule has 0 aliphatic rings. The van der Waals surface area contributed by atoms with Crippen LogP contribution in [0.5, 0.6) is 0 Å². The van der Waals surface area contributed by atoms with Gasteiger partial charge in [0.1, 0.15) is 6.61 Å². The molecule has 0 bridgehead atoms. The molecule has 0 heterocycles. The van der Waals surface area contributed by atoms with Gasteiger partial charge in [-0.25, -0.2) is 0 Å². The van der Waals surface area contributed by atoms with Crippen molar-refractivity contribution in [3.05, 3.63) is 34.9 Å². The Balaban J connectivity index is 3.08. The molecule has 0 aromatic heterocycles. The van der Waals surface area contributed by atoms with Gasteiger partial charge in [0.25, 0.3) is 5.91 Å². The van der Waals surface area contributed by atoms with E-state index in [0.717, 1.165) is 11.1 Å². The maximum absolute atomic E-state index is 12.4. The number of hydrogen-bond donors (Lipinski definition) is 1. The van der Waals surface area contributed by atoms with Gasteiger partial charge in [-0.2, -0.15) is 5.26 Å². The Morgan fingerprint density at radius 3 is 2.80 bits per heavy atom. The predicted octanol–water partition coefficient (Wildman–Crippen LogP) is 1.71. The minimum atomic E-state index is -0.212. The lowest BCUT2D eigenvalue weighted by atomic mass is 10.0. The molecule has 1 unspecified atom stereocenters. The second-order valence-electron chi connectivity index (χ2n) is 4.57. The van der Waals surface area contributed by atoms with Gasteiger partial charge in [-0.05, 0) is 31.5 Å². The molecule has 0 aliphatic heterocycles. The van der Waals surface area contributed by atoms with Crippen LogP contribution >= 0.6 is 0 Å². The lowest BCUT2D eigenvalue weighted by Crippen LogP contribution is -2.35. The molecule has 1 aromatic carbocycles. The Hall–Kier alpha value is -2.30. The summed E-state index contributed by atoms with van der Waals surface area (Å²) in [6.45, 7) is 3.46. The Kier molecular flexibility index (Phi) is 5.77. The quantitative estimate of drug-likeness (QED) is 0.850. The molecule has 1 rings (SSSR count). The Bertz CT molecular complexity index is 591. The SMILES string of the molecule is Cc1c(C#CCO)cccc1C(=O)N(C)C(C)CC#N. The first-order chi connectivity index (χ1) is 9.52. The summed E-state index contributed by atoms with van der Waals surface area (Å²) in [6.07, 6.45) is 0.297. The van der Waals surface area contributed by atoms with Crippen molar-refractivity contribution in [1.82, 2.24) is 4.90 Å². The van der Waals surface area contributed by atoms with Crippen LogP contribution in [0.2, 0.25) is 0 Å². The zero-order valence-corrected chi connectivity index (χ0v) is 12.0. The fraction of sp³-hybridized carbons (Fsp3) is 0.375. The van der Waals surface area contributed by atoms with Crippen molar-refractivity contribution in [1.29, 1.82) is 5.26 Å². The van der Waals surface area contributed by atoms with Crippen molar-refractivity contribution < 1.29 is 9.90 Å². The summed E-state index contributed by atoms with van der Waals surface area (Å²) in [5.74, 6) is 5.28. The van der Waals surface area contributed by atoms with Crippen LogP contribution in [0.3, 0.4) is 0 Å². The predicted molar refractivity (Wildman–Crippen MR) is 76.9 cm³/mol. The standard InChI is InChI=1S/C16H18N2O2/c1-12(9-10-17)18(3)16(20)15-8-4-6-14(13(15)2)7-5-11-19/h4,6,8,12,19H,9,11H2,1-3H3. The summed E-state index contributed by atoms with van der Waals surface area (Å²) < 4.78 is 0. The van der Waals surface area contributed by atoms with Crippen LogP contribution in [-0.4, -0.2) is 35.6 Å². The molecule has 0 saturated heterocycles. The normalized spacial score (nSPS) is 10.9. The van der Waals surface area contributed by atoms with E-state index in [2.05, 4.69) is 17.9 Å². The Morgan fingerprint density at radius 2 is 2.20 bits per heavy atom. The lowest BCUT2D eigenvalue weighted by Gasteiger charge is -2.24. The maximum atomic E-state index is 12.4. The van der Waals surface area contributed by atoms with Crippen molar-refractivity contribution in [2.75, 3.05) is 13.7 Å². The highest BCUT2D eigenvalue weighted by Gasteiger charge is 2.19. The number of aliphatic hydroxyl groups excluding tert-OH is 1. The van der Waals surface area contributed by atoms with E-state index in [-0.39, 0.29) is 18.6 Å². The largest absolute Gasteiger partial charge is 0.384 e. The van der Waals surface area contributed by atoms with Crippen molar-refractivity contribution in [3.8, 4) is 17.9 Å². The number of carbonyl (C=O) groups excluding carboxylic acids is 1. The molecule has 4 heteroatoms. The third-order valence-corrected chi connectivity index (χ3v) is 3.23. The molecule has 0 spiro atoms. The minimum Gasteiger partial charge on any atom is -0.384 e. The number of carbonyl (C=O) groups is 1. The van der Waals surface area contributed by atoms with Gasteiger partial charge < -0.3 is 10.0 Å². The highest BCUT2D eigenvalue weighted by atomic mass is 16.2. The number of nitrogens with zero attached hydrogens (tertiary/aromatic N) is 2.